The Morgan fingerprint density at radius 2 is 2.31 bits per heavy atom. The Bertz CT molecular complexity index is 406. The second-order valence-corrected chi connectivity index (χ2v) is 5.25. The summed E-state index contributed by atoms with van der Waals surface area (Å²) in [7, 11) is 0. The molecule has 1 aliphatic rings. The van der Waals surface area contributed by atoms with E-state index in [9.17, 15) is 4.79 Å². The Labute approximate surface area is 109 Å². The number of fused-ring (bicyclic) bond motifs is 1. The first-order chi connectivity index (χ1) is 7.66. The van der Waals surface area contributed by atoms with Crippen LogP contribution in [0.5, 0.6) is 0 Å². The summed E-state index contributed by atoms with van der Waals surface area (Å²) in [5, 5.41) is 8.60. The van der Waals surface area contributed by atoms with Crippen LogP contribution in [0.25, 0.3) is 0 Å². The summed E-state index contributed by atoms with van der Waals surface area (Å²) in [5.41, 5.74) is 2.67. The highest BCUT2D eigenvalue weighted by atomic mass is 127. The molecule has 0 spiro atoms. The number of carbonyl (C=O) groups is 1. The highest BCUT2D eigenvalue weighted by molar-refractivity contribution is 14.1. The molecule has 1 aromatic carbocycles. The summed E-state index contributed by atoms with van der Waals surface area (Å²) in [5.74, 6) is -0.706. The minimum absolute atomic E-state index is 0.260. The van der Waals surface area contributed by atoms with Gasteiger partial charge in [0.2, 0.25) is 0 Å². The molecule has 0 saturated heterocycles. The summed E-state index contributed by atoms with van der Waals surface area (Å²) in [6.45, 7) is 1.87. The molecule has 0 atom stereocenters. The minimum Gasteiger partial charge on any atom is -0.481 e. The van der Waals surface area contributed by atoms with Crippen molar-refractivity contribution in [2.75, 3.05) is 18.0 Å². The molecular weight excluding hydrogens is 317 g/mol. The normalized spacial score (nSPS) is 13.9. The molecule has 0 bridgehead atoms. The van der Waals surface area contributed by atoms with Gasteiger partial charge in [-0.1, -0.05) is 0 Å². The maximum Gasteiger partial charge on any atom is 0.303 e. The van der Waals surface area contributed by atoms with Gasteiger partial charge in [0.25, 0.3) is 0 Å². The molecule has 4 heteroatoms. The Balaban J connectivity index is 1.98. The van der Waals surface area contributed by atoms with Crippen LogP contribution in [0.3, 0.4) is 0 Å². The SMILES string of the molecule is O=C(O)CCCN1CCc2cc(I)ccc21. The fraction of sp³-hybridized carbons (Fsp3) is 0.417. The van der Waals surface area contributed by atoms with Crippen molar-refractivity contribution < 1.29 is 9.90 Å². The molecule has 1 heterocycles. The van der Waals surface area contributed by atoms with Gasteiger partial charge in [-0.2, -0.15) is 0 Å². The topological polar surface area (TPSA) is 40.5 Å². The molecule has 1 aliphatic heterocycles. The molecule has 0 fully saturated rings. The number of benzene rings is 1. The second-order valence-electron chi connectivity index (χ2n) is 4.01. The van der Waals surface area contributed by atoms with Crippen LogP contribution in [-0.4, -0.2) is 24.2 Å². The summed E-state index contributed by atoms with van der Waals surface area (Å²) in [6.07, 6.45) is 2.07. The molecule has 0 amide bonds. The van der Waals surface area contributed by atoms with Crippen molar-refractivity contribution in [2.45, 2.75) is 19.3 Å². The van der Waals surface area contributed by atoms with Crippen LogP contribution in [0.4, 0.5) is 5.69 Å². The molecule has 0 radical (unpaired) electrons. The zero-order chi connectivity index (χ0) is 11.5. The summed E-state index contributed by atoms with van der Waals surface area (Å²) in [6, 6.07) is 6.47. The Morgan fingerprint density at radius 1 is 1.50 bits per heavy atom. The molecule has 0 saturated carbocycles. The van der Waals surface area contributed by atoms with E-state index in [0.717, 1.165) is 25.9 Å². The van der Waals surface area contributed by atoms with Crippen LogP contribution in [0.15, 0.2) is 18.2 Å². The van der Waals surface area contributed by atoms with Gasteiger partial charge >= 0.3 is 5.97 Å². The van der Waals surface area contributed by atoms with Crippen molar-refractivity contribution in [1.29, 1.82) is 0 Å². The van der Waals surface area contributed by atoms with Gasteiger partial charge in [-0.05, 0) is 59.2 Å². The zero-order valence-corrected chi connectivity index (χ0v) is 11.1. The van der Waals surface area contributed by atoms with Crippen molar-refractivity contribution in [2.24, 2.45) is 0 Å². The Kier molecular flexibility index (Phi) is 3.68. The lowest BCUT2D eigenvalue weighted by Crippen LogP contribution is -2.22. The number of hydrogen-bond donors (Lipinski definition) is 1. The molecule has 86 valence electrons. The lowest BCUT2D eigenvalue weighted by Gasteiger charge is -2.18. The van der Waals surface area contributed by atoms with E-state index in [1.54, 1.807) is 0 Å². The Morgan fingerprint density at radius 3 is 3.06 bits per heavy atom. The van der Waals surface area contributed by atoms with Crippen molar-refractivity contribution >= 4 is 34.2 Å². The van der Waals surface area contributed by atoms with E-state index in [-0.39, 0.29) is 6.42 Å². The van der Waals surface area contributed by atoms with E-state index in [1.807, 2.05) is 0 Å². The first kappa shape index (κ1) is 11.7. The van der Waals surface area contributed by atoms with Gasteiger partial charge in [0, 0.05) is 28.8 Å². The quantitative estimate of drug-likeness (QED) is 0.862. The number of carboxylic acid groups (broad SMARTS) is 1. The van der Waals surface area contributed by atoms with Gasteiger partial charge < -0.3 is 10.0 Å². The molecule has 2 rings (SSSR count). The fourth-order valence-corrected chi connectivity index (χ4v) is 2.65. The van der Waals surface area contributed by atoms with Crippen molar-refractivity contribution in [3.63, 3.8) is 0 Å². The summed E-state index contributed by atoms with van der Waals surface area (Å²) in [4.78, 5) is 12.7. The fourth-order valence-electron chi connectivity index (χ4n) is 2.09. The molecule has 0 unspecified atom stereocenters. The van der Waals surface area contributed by atoms with Gasteiger partial charge in [0.05, 0.1) is 0 Å². The van der Waals surface area contributed by atoms with Crippen LogP contribution in [0, 0.1) is 3.57 Å². The first-order valence-corrected chi connectivity index (χ1v) is 6.50. The van der Waals surface area contributed by atoms with Crippen LogP contribution in [0.2, 0.25) is 0 Å². The monoisotopic (exact) mass is 331 g/mol. The largest absolute Gasteiger partial charge is 0.481 e. The van der Waals surface area contributed by atoms with Gasteiger partial charge in [-0.15, -0.1) is 0 Å². The number of carboxylic acids is 1. The highest BCUT2D eigenvalue weighted by Crippen LogP contribution is 2.29. The predicted molar refractivity (Wildman–Crippen MR) is 71.9 cm³/mol. The van der Waals surface area contributed by atoms with Crippen molar-refractivity contribution in [3.8, 4) is 0 Å². The lowest BCUT2D eigenvalue weighted by atomic mass is 10.2. The number of hydrogen-bond acceptors (Lipinski definition) is 2. The number of nitrogens with zero attached hydrogens (tertiary/aromatic N) is 1. The Hall–Kier alpha value is -0.780. The maximum absolute atomic E-state index is 10.4. The highest BCUT2D eigenvalue weighted by Gasteiger charge is 2.18. The van der Waals surface area contributed by atoms with Crippen LogP contribution < -0.4 is 4.90 Å². The number of aliphatic carboxylic acids is 1. The van der Waals surface area contributed by atoms with E-state index in [0.29, 0.717) is 0 Å². The van der Waals surface area contributed by atoms with Gasteiger partial charge in [-0.3, -0.25) is 4.79 Å². The number of rotatable bonds is 4. The van der Waals surface area contributed by atoms with Crippen molar-refractivity contribution in [1.82, 2.24) is 0 Å². The van der Waals surface area contributed by atoms with Crippen LogP contribution in [0.1, 0.15) is 18.4 Å². The molecule has 1 aromatic rings. The lowest BCUT2D eigenvalue weighted by molar-refractivity contribution is -0.137. The maximum atomic E-state index is 10.4. The third kappa shape index (κ3) is 2.66. The zero-order valence-electron chi connectivity index (χ0n) is 8.95. The molecule has 3 nitrogen and oxygen atoms in total. The number of anilines is 1. The van der Waals surface area contributed by atoms with Gasteiger partial charge in [0.1, 0.15) is 0 Å². The molecule has 16 heavy (non-hydrogen) atoms. The molecular formula is C12H14INO2. The van der Waals surface area contributed by atoms with Gasteiger partial charge in [0.15, 0.2) is 0 Å². The molecule has 0 aliphatic carbocycles. The standard InChI is InChI=1S/C12H14INO2/c13-10-3-4-11-9(8-10)5-7-14(11)6-1-2-12(15)16/h3-4,8H,1-2,5-7H2,(H,15,16). The van der Waals surface area contributed by atoms with E-state index in [2.05, 4.69) is 45.7 Å². The van der Waals surface area contributed by atoms with E-state index in [1.165, 1.54) is 14.8 Å². The van der Waals surface area contributed by atoms with Gasteiger partial charge in [-0.25, -0.2) is 0 Å². The number of halogens is 1. The molecule has 1 N–H and O–H groups in total. The molecule has 0 aromatic heterocycles. The third-order valence-corrected chi connectivity index (χ3v) is 3.52. The average molecular weight is 331 g/mol. The average Bonchev–Trinajstić information content (AvgIpc) is 2.60. The summed E-state index contributed by atoms with van der Waals surface area (Å²) < 4.78 is 1.27. The third-order valence-electron chi connectivity index (χ3n) is 2.85. The smallest absolute Gasteiger partial charge is 0.303 e. The first-order valence-electron chi connectivity index (χ1n) is 5.42. The second kappa shape index (κ2) is 5.03. The van der Waals surface area contributed by atoms with Crippen molar-refractivity contribution in [3.05, 3.63) is 27.3 Å². The minimum atomic E-state index is -0.706. The van der Waals surface area contributed by atoms with Crippen LogP contribution in [-0.2, 0) is 11.2 Å². The van der Waals surface area contributed by atoms with E-state index < -0.39 is 5.97 Å². The van der Waals surface area contributed by atoms with E-state index >= 15 is 0 Å². The van der Waals surface area contributed by atoms with Crippen LogP contribution >= 0.6 is 22.6 Å². The summed E-state index contributed by atoms with van der Waals surface area (Å²) >= 11 is 2.32. The predicted octanol–water partition coefficient (Wildman–Crippen LogP) is 2.52. The van der Waals surface area contributed by atoms with E-state index in [4.69, 9.17) is 5.11 Å².